The number of rotatable bonds is 3. The van der Waals surface area contributed by atoms with E-state index in [9.17, 15) is 0 Å². The van der Waals surface area contributed by atoms with Crippen molar-refractivity contribution in [2.24, 2.45) is 0 Å². The van der Waals surface area contributed by atoms with Crippen LogP contribution in [0.5, 0.6) is 0 Å². The Morgan fingerprint density at radius 3 is 2.62 bits per heavy atom. The van der Waals surface area contributed by atoms with E-state index in [1.165, 1.54) is 25.7 Å². The van der Waals surface area contributed by atoms with Crippen molar-refractivity contribution >= 4 is 5.95 Å². The highest BCUT2D eigenvalue weighted by Crippen LogP contribution is 2.32. The van der Waals surface area contributed by atoms with Crippen LogP contribution in [0.1, 0.15) is 43.3 Å². The van der Waals surface area contributed by atoms with E-state index in [4.69, 9.17) is 10.7 Å². The molecule has 21 heavy (non-hydrogen) atoms. The Balaban J connectivity index is 1.75. The fourth-order valence-electron chi connectivity index (χ4n) is 3.45. The first-order valence-electron chi connectivity index (χ1n) is 8.01. The van der Waals surface area contributed by atoms with E-state index < -0.39 is 0 Å². The van der Waals surface area contributed by atoms with E-state index in [2.05, 4.69) is 33.9 Å². The topological polar surface area (TPSA) is 71.2 Å². The molecular formula is C15H26N6. The number of aromatic nitrogens is 3. The summed E-state index contributed by atoms with van der Waals surface area (Å²) in [5, 5.41) is 0. The lowest BCUT2D eigenvalue weighted by Gasteiger charge is -2.37. The first kappa shape index (κ1) is 14.7. The Bertz CT molecular complexity index is 485. The van der Waals surface area contributed by atoms with E-state index in [0.29, 0.717) is 17.9 Å². The molecule has 1 aliphatic heterocycles. The summed E-state index contributed by atoms with van der Waals surface area (Å²) in [6.07, 6.45) is 5.79. The van der Waals surface area contributed by atoms with E-state index in [-0.39, 0.29) is 0 Å². The van der Waals surface area contributed by atoms with Crippen LogP contribution in [0.4, 0.5) is 5.95 Å². The van der Waals surface area contributed by atoms with Gasteiger partial charge < -0.3 is 15.5 Å². The molecule has 1 aromatic rings. The van der Waals surface area contributed by atoms with Crippen LogP contribution in [-0.4, -0.2) is 64.5 Å². The summed E-state index contributed by atoms with van der Waals surface area (Å²) >= 11 is 0. The normalized spacial score (nSPS) is 25.5. The van der Waals surface area contributed by atoms with Gasteiger partial charge in [-0.15, -0.1) is 0 Å². The zero-order valence-electron chi connectivity index (χ0n) is 13.1. The maximum absolute atomic E-state index is 5.91. The number of hydrogen-bond donors (Lipinski definition) is 1. The zero-order chi connectivity index (χ0) is 14.8. The van der Waals surface area contributed by atoms with Gasteiger partial charge in [-0.1, -0.05) is 12.8 Å². The van der Waals surface area contributed by atoms with Crippen LogP contribution >= 0.6 is 0 Å². The number of piperazine rings is 1. The minimum atomic E-state index is 0.383. The van der Waals surface area contributed by atoms with Crippen LogP contribution in [0.2, 0.25) is 0 Å². The van der Waals surface area contributed by atoms with Gasteiger partial charge in [0.05, 0.1) is 0 Å². The van der Waals surface area contributed by atoms with Crippen molar-refractivity contribution in [2.75, 3.05) is 39.5 Å². The van der Waals surface area contributed by atoms with E-state index >= 15 is 0 Å². The maximum Gasteiger partial charge on any atom is 0.223 e. The number of hydrogen-bond acceptors (Lipinski definition) is 6. The average molecular weight is 290 g/mol. The van der Waals surface area contributed by atoms with Crippen LogP contribution in [0.3, 0.4) is 0 Å². The predicted octanol–water partition coefficient (Wildman–Crippen LogP) is 0.900. The van der Waals surface area contributed by atoms with Gasteiger partial charge in [0.25, 0.3) is 0 Å². The molecule has 2 aliphatic rings. The van der Waals surface area contributed by atoms with Crippen LogP contribution in [-0.2, 0) is 6.42 Å². The summed E-state index contributed by atoms with van der Waals surface area (Å²) in [7, 11) is 4.35. The Labute approximate surface area is 126 Å². The first-order chi connectivity index (χ1) is 10.1. The zero-order valence-corrected chi connectivity index (χ0v) is 13.1. The molecule has 1 aliphatic carbocycles. The fraction of sp³-hybridized carbons (Fsp3) is 0.800. The second-order valence-corrected chi connectivity index (χ2v) is 6.55. The third-order valence-corrected chi connectivity index (χ3v) is 4.84. The van der Waals surface area contributed by atoms with E-state index in [1.54, 1.807) is 0 Å². The molecule has 6 nitrogen and oxygen atoms in total. The highest BCUT2D eigenvalue weighted by molar-refractivity contribution is 5.18. The van der Waals surface area contributed by atoms with Gasteiger partial charge in [0, 0.05) is 38.0 Å². The molecule has 2 fully saturated rings. The summed E-state index contributed by atoms with van der Waals surface area (Å²) in [6.45, 7) is 3.28. The molecule has 0 amide bonds. The average Bonchev–Trinajstić information content (AvgIpc) is 2.96. The van der Waals surface area contributed by atoms with Crippen LogP contribution in [0.25, 0.3) is 0 Å². The van der Waals surface area contributed by atoms with Crippen molar-refractivity contribution in [1.82, 2.24) is 24.8 Å². The minimum absolute atomic E-state index is 0.383. The summed E-state index contributed by atoms with van der Waals surface area (Å²) in [4.78, 5) is 18.2. The SMILES string of the molecule is CN1CCN(C)C(Cc2nc(N)nc(C3CCCC3)n2)C1. The van der Waals surface area contributed by atoms with Gasteiger partial charge in [0.2, 0.25) is 5.95 Å². The van der Waals surface area contributed by atoms with E-state index in [0.717, 1.165) is 37.7 Å². The molecule has 1 aromatic heterocycles. The Morgan fingerprint density at radius 1 is 1.10 bits per heavy atom. The second kappa shape index (κ2) is 6.23. The standard InChI is InChI=1S/C15H26N6/c1-20-7-8-21(2)12(10-20)9-13-17-14(19-15(16)18-13)11-5-3-4-6-11/h11-12H,3-10H2,1-2H3,(H2,16,17,18,19). The third kappa shape index (κ3) is 3.49. The molecule has 6 heteroatoms. The number of nitrogens with zero attached hydrogens (tertiary/aromatic N) is 5. The molecule has 2 N–H and O–H groups in total. The highest BCUT2D eigenvalue weighted by atomic mass is 15.3. The maximum atomic E-state index is 5.91. The molecule has 116 valence electrons. The molecule has 1 saturated carbocycles. The van der Waals surface area contributed by atoms with Gasteiger partial charge in [-0.05, 0) is 26.9 Å². The van der Waals surface area contributed by atoms with Crippen molar-refractivity contribution in [3.8, 4) is 0 Å². The molecule has 2 heterocycles. The molecule has 0 spiro atoms. The van der Waals surface area contributed by atoms with Gasteiger partial charge >= 0.3 is 0 Å². The Kier molecular flexibility index (Phi) is 4.35. The van der Waals surface area contributed by atoms with Crippen LogP contribution in [0, 0.1) is 0 Å². The number of anilines is 1. The predicted molar refractivity (Wildman–Crippen MR) is 83.1 cm³/mol. The van der Waals surface area contributed by atoms with Gasteiger partial charge in [-0.25, -0.2) is 4.98 Å². The summed E-state index contributed by atoms with van der Waals surface area (Å²) < 4.78 is 0. The van der Waals surface area contributed by atoms with Gasteiger partial charge in [0.15, 0.2) is 0 Å². The van der Waals surface area contributed by atoms with Crippen LogP contribution in [0.15, 0.2) is 0 Å². The molecule has 0 radical (unpaired) electrons. The van der Waals surface area contributed by atoms with Gasteiger partial charge in [0.1, 0.15) is 11.6 Å². The lowest BCUT2D eigenvalue weighted by atomic mass is 10.1. The van der Waals surface area contributed by atoms with Crippen molar-refractivity contribution in [3.05, 3.63) is 11.6 Å². The fourth-order valence-corrected chi connectivity index (χ4v) is 3.45. The molecule has 1 unspecified atom stereocenters. The molecule has 0 aromatic carbocycles. The molecule has 1 atom stereocenters. The third-order valence-electron chi connectivity index (χ3n) is 4.84. The first-order valence-corrected chi connectivity index (χ1v) is 8.01. The monoisotopic (exact) mass is 290 g/mol. The number of nitrogens with two attached hydrogens (primary N) is 1. The lowest BCUT2D eigenvalue weighted by molar-refractivity contribution is 0.113. The highest BCUT2D eigenvalue weighted by Gasteiger charge is 2.25. The van der Waals surface area contributed by atoms with Crippen molar-refractivity contribution < 1.29 is 0 Å². The number of nitrogen functional groups attached to an aromatic ring is 1. The number of likely N-dealkylation sites (N-methyl/N-ethyl adjacent to an activating group) is 2. The Hall–Kier alpha value is -1.27. The van der Waals surface area contributed by atoms with Gasteiger partial charge in [-0.2, -0.15) is 9.97 Å². The van der Waals surface area contributed by atoms with Crippen molar-refractivity contribution in [3.63, 3.8) is 0 Å². The molecule has 1 saturated heterocycles. The van der Waals surface area contributed by atoms with E-state index in [1.807, 2.05) is 0 Å². The minimum Gasteiger partial charge on any atom is -0.368 e. The lowest BCUT2D eigenvalue weighted by Crippen LogP contribution is -2.51. The quantitative estimate of drug-likeness (QED) is 0.892. The second-order valence-electron chi connectivity index (χ2n) is 6.55. The van der Waals surface area contributed by atoms with Crippen molar-refractivity contribution in [2.45, 2.75) is 44.1 Å². The molecular weight excluding hydrogens is 264 g/mol. The van der Waals surface area contributed by atoms with Crippen molar-refractivity contribution in [1.29, 1.82) is 0 Å². The molecule has 3 rings (SSSR count). The summed E-state index contributed by atoms with van der Waals surface area (Å²) in [5.74, 6) is 2.65. The van der Waals surface area contributed by atoms with Crippen LogP contribution < -0.4 is 5.73 Å². The summed E-state index contributed by atoms with van der Waals surface area (Å²) in [5.41, 5.74) is 5.91. The summed E-state index contributed by atoms with van der Waals surface area (Å²) in [6, 6.07) is 0.460. The Morgan fingerprint density at radius 2 is 1.86 bits per heavy atom. The largest absolute Gasteiger partial charge is 0.368 e. The van der Waals surface area contributed by atoms with Gasteiger partial charge in [-0.3, -0.25) is 0 Å². The smallest absolute Gasteiger partial charge is 0.223 e. The molecule has 0 bridgehead atoms.